The van der Waals surface area contributed by atoms with Crippen LogP contribution in [-0.4, -0.2) is 31.8 Å². The molecule has 2 unspecified atom stereocenters. The first-order valence-electron chi connectivity index (χ1n) is 6.64. The van der Waals surface area contributed by atoms with E-state index in [1.54, 1.807) is 0 Å². The number of nitrogens with one attached hydrogen (secondary N) is 2. The molecule has 0 aromatic rings. The minimum Gasteiger partial charge on any atom is -0.356 e. The predicted molar refractivity (Wildman–Crippen MR) is 64.4 cm³/mol. The standard InChI is InChI=1S/C12H20F3N3/c13-12(14,15)10-4-1-3-9(7-10)8-18-11-16-5-2-6-17-11/h9-10H,1-8H2,(H2,16,17,18). The van der Waals surface area contributed by atoms with Crippen molar-refractivity contribution in [3.05, 3.63) is 0 Å². The lowest BCUT2D eigenvalue weighted by molar-refractivity contribution is -0.185. The molecule has 18 heavy (non-hydrogen) atoms. The van der Waals surface area contributed by atoms with E-state index in [0.717, 1.165) is 31.9 Å². The molecule has 6 heteroatoms. The third-order valence-electron chi connectivity index (χ3n) is 3.70. The van der Waals surface area contributed by atoms with Crippen LogP contribution in [0.2, 0.25) is 0 Å². The van der Waals surface area contributed by atoms with E-state index in [9.17, 15) is 13.2 Å². The second-order valence-corrected chi connectivity index (χ2v) is 5.16. The molecule has 2 atom stereocenters. The molecule has 0 aromatic heterocycles. The average Bonchev–Trinajstić information content (AvgIpc) is 2.37. The molecule has 0 aromatic carbocycles. The summed E-state index contributed by atoms with van der Waals surface area (Å²) in [7, 11) is 0. The molecule has 2 rings (SSSR count). The van der Waals surface area contributed by atoms with Crippen LogP contribution in [0.15, 0.2) is 4.99 Å². The average molecular weight is 263 g/mol. The highest BCUT2D eigenvalue weighted by molar-refractivity contribution is 5.80. The number of nitrogens with zero attached hydrogens (tertiary/aromatic N) is 1. The molecule has 1 aliphatic heterocycles. The molecule has 0 saturated heterocycles. The van der Waals surface area contributed by atoms with Crippen molar-refractivity contribution in [2.24, 2.45) is 16.8 Å². The molecule has 3 nitrogen and oxygen atoms in total. The van der Waals surface area contributed by atoms with Crippen LogP contribution in [0.1, 0.15) is 32.1 Å². The molecule has 104 valence electrons. The van der Waals surface area contributed by atoms with E-state index in [4.69, 9.17) is 0 Å². The number of rotatable bonds is 2. The summed E-state index contributed by atoms with van der Waals surface area (Å²) < 4.78 is 38.0. The van der Waals surface area contributed by atoms with Gasteiger partial charge < -0.3 is 10.6 Å². The Hall–Kier alpha value is -0.940. The molecule has 1 heterocycles. The van der Waals surface area contributed by atoms with Crippen LogP contribution >= 0.6 is 0 Å². The fraction of sp³-hybridized carbons (Fsp3) is 0.917. The first-order chi connectivity index (χ1) is 8.55. The van der Waals surface area contributed by atoms with E-state index in [-0.39, 0.29) is 12.3 Å². The Labute approximate surface area is 105 Å². The van der Waals surface area contributed by atoms with Gasteiger partial charge in [0, 0.05) is 19.6 Å². The summed E-state index contributed by atoms with van der Waals surface area (Å²) in [4.78, 5) is 4.25. The Kier molecular flexibility index (Phi) is 4.35. The molecular weight excluding hydrogens is 243 g/mol. The topological polar surface area (TPSA) is 36.4 Å². The van der Waals surface area contributed by atoms with Gasteiger partial charge in [0.15, 0.2) is 5.96 Å². The van der Waals surface area contributed by atoms with Gasteiger partial charge in [0.2, 0.25) is 0 Å². The van der Waals surface area contributed by atoms with Crippen molar-refractivity contribution >= 4 is 5.96 Å². The summed E-state index contributed by atoms with van der Waals surface area (Å²) >= 11 is 0. The van der Waals surface area contributed by atoms with E-state index in [2.05, 4.69) is 15.6 Å². The van der Waals surface area contributed by atoms with E-state index in [1.807, 2.05) is 0 Å². The van der Waals surface area contributed by atoms with Crippen molar-refractivity contribution < 1.29 is 13.2 Å². The Bertz CT molecular complexity index is 301. The van der Waals surface area contributed by atoms with E-state index >= 15 is 0 Å². The molecular formula is C12H20F3N3. The number of aliphatic imine (C=N–C) groups is 1. The summed E-state index contributed by atoms with van der Waals surface area (Å²) in [5, 5.41) is 6.25. The maximum Gasteiger partial charge on any atom is 0.391 e. The fourth-order valence-electron chi connectivity index (χ4n) is 2.67. The van der Waals surface area contributed by atoms with Gasteiger partial charge in [-0.1, -0.05) is 6.42 Å². The monoisotopic (exact) mass is 263 g/mol. The number of halogens is 3. The van der Waals surface area contributed by atoms with Gasteiger partial charge in [-0.2, -0.15) is 13.2 Å². The van der Waals surface area contributed by atoms with Gasteiger partial charge in [0.25, 0.3) is 0 Å². The van der Waals surface area contributed by atoms with Gasteiger partial charge in [-0.25, -0.2) is 0 Å². The Morgan fingerprint density at radius 2 is 2.11 bits per heavy atom. The second kappa shape index (κ2) is 5.80. The Morgan fingerprint density at radius 1 is 1.28 bits per heavy atom. The van der Waals surface area contributed by atoms with E-state index in [1.165, 1.54) is 0 Å². The zero-order chi connectivity index (χ0) is 13.0. The van der Waals surface area contributed by atoms with Gasteiger partial charge >= 0.3 is 6.18 Å². The van der Waals surface area contributed by atoms with Crippen LogP contribution in [0.25, 0.3) is 0 Å². The third-order valence-corrected chi connectivity index (χ3v) is 3.70. The largest absolute Gasteiger partial charge is 0.391 e. The van der Waals surface area contributed by atoms with Crippen molar-refractivity contribution in [3.8, 4) is 0 Å². The first-order valence-corrected chi connectivity index (χ1v) is 6.64. The lowest BCUT2D eigenvalue weighted by Crippen LogP contribution is -2.43. The van der Waals surface area contributed by atoms with Gasteiger partial charge in [0.05, 0.1) is 5.92 Å². The lowest BCUT2D eigenvalue weighted by Gasteiger charge is -2.31. The summed E-state index contributed by atoms with van der Waals surface area (Å²) in [6.07, 6.45) is -0.906. The molecule has 1 saturated carbocycles. The minimum absolute atomic E-state index is 0.108. The zero-order valence-corrected chi connectivity index (χ0v) is 10.4. The third kappa shape index (κ3) is 3.78. The molecule has 0 radical (unpaired) electrons. The van der Waals surface area contributed by atoms with E-state index in [0.29, 0.717) is 19.4 Å². The van der Waals surface area contributed by atoms with Crippen LogP contribution in [-0.2, 0) is 0 Å². The molecule has 0 bridgehead atoms. The van der Waals surface area contributed by atoms with Crippen LogP contribution in [0.4, 0.5) is 13.2 Å². The highest BCUT2D eigenvalue weighted by Crippen LogP contribution is 2.39. The van der Waals surface area contributed by atoms with Crippen molar-refractivity contribution in [1.82, 2.24) is 10.6 Å². The maximum atomic E-state index is 12.7. The zero-order valence-electron chi connectivity index (χ0n) is 10.4. The highest BCUT2D eigenvalue weighted by Gasteiger charge is 2.41. The first kappa shape index (κ1) is 13.5. The smallest absolute Gasteiger partial charge is 0.356 e. The molecule has 1 fully saturated rings. The highest BCUT2D eigenvalue weighted by atomic mass is 19.4. The van der Waals surface area contributed by atoms with Gasteiger partial charge in [0.1, 0.15) is 0 Å². The Morgan fingerprint density at radius 3 is 2.78 bits per heavy atom. The second-order valence-electron chi connectivity index (χ2n) is 5.16. The number of alkyl halides is 3. The van der Waals surface area contributed by atoms with Gasteiger partial charge in [-0.3, -0.25) is 4.99 Å². The maximum absolute atomic E-state index is 12.7. The van der Waals surface area contributed by atoms with Gasteiger partial charge in [-0.15, -0.1) is 0 Å². The summed E-state index contributed by atoms with van der Waals surface area (Å²) in [5.41, 5.74) is 0. The number of hydrogen-bond donors (Lipinski definition) is 2. The summed E-state index contributed by atoms with van der Waals surface area (Å²) in [5.74, 6) is -0.258. The Balaban J connectivity index is 1.77. The quantitative estimate of drug-likeness (QED) is 0.802. The van der Waals surface area contributed by atoms with Crippen molar-refractivity contribution in [3.63, 3.8) is 0 Å². The number of hydrogen-bond acceptors (Lipinski definition) is 3. The summed E-state index contributed by atoms with van der Waals surface area (Å²) in [6.45, 7) is 2.28. The minimum atomic E-state index is -4.03. The van der Waals surface area contributed by atoms with Crippen molar-refractivity contribution in [2.45, 2.75) is 38.3 Å². The predicted octanol–water partition coefficient (Wildman–Crippen LogP) is 2.29. The molecule has 0 amide bonds. The van der Waals surface area contributed by atoms with Gasteiger partial charge in [-0.05, 0) is 31.6 Å². The van der Waals surface area contributed by atoms with Crippen LogP contribution in [0, 0.1) is 11.8 Å². The normalized spacial score (nSPS) is 29.4. The van der Waals surface area contributed by atoms with Crippen molar-refractivity contribution in [2.75, 3.05) is 19.6 Å². The molecule has 1 aliphatic carbocycles. The van der Waals surface area contributed by atoms with Crippen LogP contribution in [0.5, 0.6) is 0 Å². The van der Waals surface area contributed by atoms with Crippen LogP contribution in [0.3, 0.4) is 0 Å². The van der Waals surface area contributed by atoms with Crippen molar-refractivity contribution in [1.29, 1.82) is 0 Å². The fourth-order valence-corrected chi connectivity index (χ4v) is 2.67. The number of guanidine groups is 1. The SMILES string of the molecule is FC(F)(F)C1CCCC(CNC2=NCCCN2)C1. The van der Waals surface area contributed by atoms with E-state index < -0.39 is 12.1 Å². The lowest BCUT2D eigenvalue weighted by atomic mass is 9.81. The molecule has 2 aliphatic rings. The van der Waals surface area contributed by atoms with Crippen LogP contribution < -0.4 is 10.6 Å². The molecule has 0 spiro atoms. The summed E-state index contributed by atoms with van der Waals surface area (Å²) in [6, 6.07) is 0. The molecule has 2 N–H and O–H groups in total.